The van der Waals surface area contributed by atoms with Crippen LogP contribution in [0, 0.1) is 0 Å². The fourth-order valence-corrected chi connectivity index (χ4v) is 2.14. The van der Waals surface area contributed by atoms with Crippen molar-refractivity contribution in [1.82, 2.24) is 0 Å². The molecule has 0 saturated heterocycles. The molecule has 0 radical (unpaired) electrons. The van der Waals surface area contributed by atoms with Gasteiger partial charge in [-0.25, -0.2) is 0 Å². The van der Waals surface area contributed by atoms with E-state index >= 15 is 0 Å². The first-order valence-corrected chi connectivity index (χ1v) is 6.34. The van der Waals surface area contributed by atoms with E-state index in [0.717, 1.165) is 5.56 Å². The third-order valence-corrected chi connectivity index (χ3v) is 3.03. The van der Waals surface area contributed by atoms with Crippen molar-refractivity contribution in [3.8, 4) is 11.5 Å². The van der Waals surface area contributed by atoms with E-state index in [4.69, 9.17) is 21.1 Å². The van der Waals surface area contributed by atoms with Gasteiger partial charge < -0.3 is 14.6 Å². The van der Waals surface area contributed by atoms with Crippen LogP contribution in [0.25, 0.3) is 0 Å². The molecule has 0 aliphatic carbocycles. The molecule has 4 heteroatoms. The van der Waals surface area contributed by atoms with Crippen molar-refractivity contribution in [2.75, 3.05) is 6.61 Å². The number of aliphatic hydroxyl groups excluding tert-OH is 1. The summed E-state index contributed by atoms with van der Waals surface area (Å²) in [6.45, 7) is 4.33. The van der Waals surface area contributed by atoms with Crippen LogP contribution < -0.4 is 9.47 Å². The van der Waals surface area contributed by atoms with E-state index in [1.807, 2.05) is 32.0 Å². The minimum Gasteiger partial charge on any atom is -0.489 e. The van der Waals surface area contributed by atoms with Gasteiger partial charge in [-0.05, 0) is 32.1 Å². The van der Waals surface area contributed by atoms with Gasteiger partial charge in [0.05, 0.1) is 6.10 Å². The molecule has 1 unspecified atom stereocenters. The summed E-state index contributed by atoms with van der Waals surface area (Å²) in [4.78, 5) is 0. The van der Waals surface area contributed by atoms with Gasteiger partial charge in [0.25, 0.3) is 0 Å². The summed E-state index contributed by atoms with van der Waals surface area (Å²) in [5.74, 6) is 1.39. The molecule has 0 aromatic heterocycles. The van der Waals surface area contributed by atoms with E-state index in [0.29, 0.717) is 24.5 Å². The zero-order chi connectivity index (χ0) is 13.2. The van der Waals surface area contributed by atoms with E-state index in [-0.39, 0.29) is 5.60 Å². The lowest BCUT2D eigenvalue weighted by Crippen LogP contribution is -2.34. The van der Waals surface area contributed by atoms with Crippen molar-refractivity contribution in [3.63, 3.8) is 0 Å². The molecule has 1 aliphatic heterocycles. The van der Waals surface area contributed by atoms with Gasteiger partial charge in [0, 0.05) is 23.6 Å². The molecular formula is C14H17ClO3. The van der Waals surface area contributed by atoms with Crippen molar-refractivity contribution >= 4 is 11.6 Å². The van der Waals surface area contributed by atoms with Crippen molar-refractivity contribution < 1.29 is 14.6 Å². The van der Waals surface area contributed by atoms with Gasteiger partial charge in [-0.1, -0.05) is 11.6 Å². The molecule has 1 aromatic rings. The fraction of sp³-hybridized carbons (Fsp3) is 0.429. The number of hydrogen-bond acceptors (Lipinski definition) is 3. The first-order valence-electron chi connectivity index (χ1n) is 5.91. The second-order valence-corrected chi connectivity index (χ2v) is 5.21. The zero-order valence-electron chi connectivity index (χ0n) is 10.5. The van der Waals surface area contributed by atoms with Gasteiger partial charge in [0.2, 0.25) is 0 Å². The SMILES string of the molecule is CC1(C)CC(O)c2ccc(OCC=CCl)cc2O1. The monoisotopic (exact) mass is 268 g/mol. The Bertz CT molecular complexity index is 454. The Kier molecular flexibility index (Phi) is 3.83. The maximum absolute atomic E-state index is 10.1. The lowest BCUT2D eigenvalue weighted by Gasteiger charge is -2.35. The minimum atomic E-state index is -0.486. The van der Waals surface area contributed by atoms with E-state index in [1.54, 1.807) is 6.08 Å². The highest BCUT2D eigenvalue weighted by molar-refractivity contribution is 6.25. The van der Waals surface area contributed by atoms with E-state index in [9.17, 15) is 5.11 Å². The second kappa shape index (κ2) is 5.21. The molecule has 1 N–H and O–H groups in total. The third-order valence-electron chi connectivity index (χ3n) is 2.85. The maximum atomic E-state index is 10.1. The topological polar surface area (TPSA) is 38.7 Å². The Morgan fingerprint density at radius 1 is 1.56 bits per heavy atom. The summed E-state index contributed by atoms with van der Waals surface area (Å²) < 4.78 is 11.3. The molecule has 0 saturated carbocycles. The van der Waals surface area contributed by atoms with Crippen LogP contribution in [0.3, 0.4) is 0 Å². The second-order valence-electron chi connectivity index (χ2n) is 4.95. The van der Waals surface area contributed by atoms with Crippen molar-refractivity contribution in [3.05, 3.63) is 35.4 Å². The highest BCUT2D eigenvalue weighted by Crippen LogP contribution is 2.40. The first-order chi connectivity index (χ1) is 8.52. The van der Waals surface area contributed by atoms with Gasteiger partial charge in [-0.2, -0.15) is 0 Å². The third kappa shape index (κ3) is 2.98. The Hall–Kier alpha value is -1.19. The van der Waals surface area contributed by atoms with Gasteiger partial charge in [-0.15, -0.1) is 0 Å². The molecule has 0 amide bonds. The number of ether oxygens (including phenoxy) is 2. The smallest absolute Gasteiger partial charge is 0.129 e. The van der Waals surface area contributed by atoms with E-state index < -0.39 is 6.10 Å². The Balaban J connectivity index is 2.20. The lowest BCUT2D eigenvalue weighted by molar-refractivity contribution is 0.0113. The van der Waals surface area contributed by atoms with Gasteiger partial charge in [0.15, 0.2) is 0 Å². The van der Waals surface area contributed by atoms with Crippen LogP contribution in [0.5, 0.6) is 11.5 Å². The molecule has 2 rings (SSSR count). The molecule has 1 aliphatic rings. The molecule has 1 aromatic carbocycles. The molecule has 1 atom stereocenters. The molecule has 1 heterocycles. The van der Waals surface area contributed by atoms with Crippen molar-refractivity contribution in [1.29, 1.82) is 0 Å². The van der Waals surface area contributed by atoms with Crippen LogP contribution in [0.1, 0.15) is 31.9 Å². The van der Waals surface area contributed by atoms with Crippen LogP contribution >= 0.6 is 11.6 Å². The normalized spacial score (nSPS) is 21.4. The highest BCUT2D eigenvalue weighted by Gasteiger charge is 2.32. The Labute approximate surface area is 112 Å². The molecule has 0 bridgehead atoms. The van der Waals surface area contributed by atoms with Crippen LogP contribution in [0.15, 0.2) is 29.8 Å². The molecule has 18 heavy (non-hydrogen) atoms. The van der Waals surface area contributed by atoms with Crippen LogP contribution in [-0.2, 0) is 0 Å². The predicted molar refractivity (Wildman–Crippen MR) is 71.2 cm³/mol. The number of rotatable bonds is 3. The van der Waals surface area contributed by atoms with E-state index in [2.05, 4.69) is 0 Å². The van der Waals surface area contributed by atoms with Gasteiger partial charge >= 0.3 is 0 Å². The lowest BCUT2D eigenvalue weighted by atomic mass is 9.92. The number of aliphatic hydroxyl groups is 1. The number of hydrogen-bond donors (Lipinski definition) is 1. The summed E-state index contributed by atoms with van der Waals surface area (Å²) >= 11 is 5.42. The van der Waals surface area contributed by atoms with Crippen LogP contribution in [0.2, 0.25) is 0 Å². The highest BCUT2D eigenvalue weighted by atomic mass is 35.5. The largest absolute Gasteiger partial charge is 0.489 e. The number of halogens is 1. The van der Waals surface area contributed by atoms with Gasteiger partial charge in [-0.3, -0.25) is 0 Å². The van der Waals surface area contributed by atoms with Crippen molar-refractivity contribution in [2.24, 2.45) is 0 Å². The average molecular weight is 269 g/mol. The summed E-state index contributed by atoms with van der Waals surface area (Å²) in [5, 5.41) is 10.1. The molecule has 98 valence electrons. The summed E-state index contributed by atoms with van der Waals surface area (Å²) in [7, 11) is 0. The zero-order valence-corrected chi connectivity index (χ0v) is 11.3. The maximum Gasteiger partial charge on any atom is 0.129 e. The van der Waals surface area contributed by atoms with Gasteiger partial charge in [0.1, 0.15) is 23.7 Å². The molecule has 0 spiro atoms. The predicted octanol–water partition coefficient (Wildman–Crippen LogP) is 3.41. The summed E-state index contributed by atoms with van der Waals surface area (Å²) in [5.41, 5.74) is 1.87. The first kappa shape index (κ1) is 13.2. The van der Waals surface area contributed by atoms with Crippen molar-refractivity contribution in [2.45, 2.75) is 32.0 Å². The minimum absolute atomic E-state index is 0.360. The number of benzene rings is 1. The molecule has 3 nitrogen and oxygen atoms in total. The van der Waals surface area contributed by atoms with E-state index in [1.165, 1.54) is 5.54 Å². The Morgan fingerprint density at radius 2 is 2.33 bits per heavy atom. The van der Waals surface area contributed by atoms with Crippen LogP contribution in [0.4, 0.5) is 0 Å². The number of fused-ring (bicyclic) bond motifs is 1. The quantitative estimate of drug-likeness (QED) is 0.913. The molecular weight excluding hydrogens is 252 g/mol. The molecule has 0 fully saturated rings. The summed E-state index contributed by atoms with van der Waals surface area (Å²) in [6.07, 6.45) is 1.82. The summed E-state index contributed by atoms with van der Waals surface area (Å²) in [6, 6.07) is 5.47. The Morgan fingerprint density at radius 3 is 3.06 bits per heavy atom. The van der Waals surface area contributed by atoms with Crippen LogP contribution in [-0.4, -0.2) is 17.3 Å². The average Bonchev–Trinajstić information content (AvgIpc) is 2.27. The standard InChI is InChI=1S/C14H17ClO3/c1-14(2)9-12(16)11-5-4-10(8-13(11)18-14)17-7-3-6-15/h3-6,8,12,16H,7,9H2,1-2H3. The fourth-order valence-electron chi connectivity index (χ4n) is 2.06.